The zero-order chi connectivity index (χ0) is 15.6. The van der Waals surface area contributed by atoms with Crippen LogP contribution in [0.5, 0.6) is 0 Å². The predicted molar refractivity (Wildman–Crippen MR) is 89.8 cm³/mol. The highest BCUT2D eigenvalue weighted by molar-refractivity contribution is 5.78. The molecular formula is C19H28N2O. The summed E-state index contributed by atoms with van der Waals surface area (Å²) in [6, 6.07) is 11.3. The number of nitrogens with one attached hydrogen (secondary N) is 1. The van der Waals surface area contributed by atoms with E-state index in [0.29, 0.717) is 18.5 Å². The Morgan fingerprint density at radius 2 is 1.95 bits per heavy atom. The Hall–Kier alpha value is -1.35. The molecule has 1 N–H and O–H groups in total. The number of amides is 1. The first kappa shape index (κ1) is 15.5. The molecule has 2 saturated heterocycles. The van der Waals surface area contributed by atoms with Crippen molar-refractivity contribution in [1.82, 2.24) is 10.2 Å². The third-order valence-corrected chi connectivity index (χ3v) is 5.36. The second-order valence-electron chi connectivity index (χ2n) is 7.49. The van der Waals surface area contributed by atoms with Crippen LogP contribution in [0.3, 0.4) is 0 Å². The molecule has 0 bridgehead atoms. The van der Waals surface area contributed by atoms with Gasteiger partial charge < -0.3 is 5.32 Å². The maximum Gasteiger partial charge on any atom is 0.221 e. The van der Waals surface area contributed by atoms with Gasteiger partial charge in [0.1, 0.15) is 0 Å². The molecule has 22 heavy (non-hydrogen) atoms. The standard InChI is InChI=1S/C19H28N2O/c1-19(2,15-8-4-3-5-9-15)14-18(22)20-16-11-13-21-12-7-6-10-17(16)21/h3-5,8-9,16-17H,6-7,10-14H2,1-2H3,(H,20,22)/t16-,17-/m1/s1. The number of carbonyl (C=O) groups is 1. The highest BCUT2D eigenvalue weighted by Crippen LogP contribution is 2.29. The summed E-state index contributed by atoms with van der Waals surface area (Å²) in [5.41, 5.74) is 1.12. The predicted octanol–water partition coefficient (Wildman–Crippen LogP) is 3.10. The molecule has 0 radical (unpaired) electrons. The van der Waals surface area contributed by atoms with Gasteiger partial charge in [0.2, 0.25) is 5.91 Å². The van der Waals surface area contributed by atoms with Crippen LogP contribution in [0.15, 0.2) is 30.3 Å². The normalized spacial score (nSPS) is 25.7. The topological polar surface area (TPSA) is 32.3 Å². The number of piperidine rings is 1. The molecule has 0 aliphatic carbocycles. The second-order valence-corrected chi connectivity index (χ2v) is 7.49. The van der Waals surface area contributed by atoms with Gasteiger partial charge >= 0.3 is 0 Å². The molecule has 0 saturated carbocycles. The van der Waals surface area contributed by atoms with Crippen molar-refractivity contribution in [3.8, 4) is 0 Å². The lowest BCUT2D eigenvalue weighted by Crippen LogP contribution is -2.47. The van der Waals surface area contributed by atoms with Crippen LogP contribution in [-0.4, -0.2) is 36.0 Å². The summed E-state index contributed by atoms with van der Waals surface area (Å²) >= 11 is 0. The van der Waals surface area contributed by atoms with Gasteiger partial charge in [-0.3, -0.25) is 9.69 Å². The highest BCUT2D eigenvalue weighted by atomic mass is 16.1. The van der Waals surface area contributed by atoms with E-state index in [4.69, 9.17) is 0 Å². The quantitative estimate of drug-likeness (QED) is 0.926. The number of fused-ring (bicyclic) bond motifs is 1. The molecule has 2 fully saturated rings. The fourth-order valence-corrected chi connectivity index (χ4v) is 4.07. The average Bonchev–Trinajstić information content (AvgIpc) is 2.91. The molecule has 3 heteroatoms. The third kappa shape index (κ3) is 3.35. The van der Waals surface area contributed by atoms with Gasteiger partial charge in [0, 0.05) is 25.0 Å². The van der Waals surface area contributed by atoms with Crippen molar-refractivity contribution in [3.63, 3.8) is 0 Å². The van der Waals surface area contributed by atoms with Crippen LogP contribution in [0.2, 0.25) is 0 Å². The summed E-state index contributed by atoms with van der Waals surface area (Å²) in [6.45, 7) is 6.68. The Morgan fingerprint density at radius 3 is 2.73 bits per heavy atom. The second kappa shape index (κ2) is 6.41. The summed E-state index contributed by atoms with van der Waals surface area (Å²) in [7, 11) is 0. The highest BCUT2D eigenvalue weighted by Gasteiger charge is 2.36. The molecule has 2 aliphatic heterocycles. The number of hydrogen-bond acceptors (Lipinski definition) is 2. The summed E-state index contributed by atoms with van der Waals surface area (Å²) < 4.78 is 0. The van der Waals surface area contributed by atoms with Crippen molar-refractivity contribution in [3.05, 3.63) is 35.9 Å². The van der Waals surface area contributed by atoms with E-state index in [1.807, 2.05) is 18.2 Å². The Bertz CT molecular complexity index is 511. The number of carbonyl (C=O) groups excluding carboxylic acids is 1. The van der Waals surface area contributed by atoms with Gasteiger partial charge in [0.25, 0.3) is 0 Å². The zero-order valence-electron chi connectivity index (χ0n) is 13.8. The van der Waals surface area contributed by atoms with E-state index in [-0.39, 0.29) is 11.3 Å². The average molecular weight is 300 g/mol. The summed E-state index contributed by atoms with van der Waals surface area (Å²) in [4.78, 5) is 15.1. The number of nitrogens with zero attached hydrogens (tertiary/aromatic N) is 1. The van der Waals surface area contributed by atoms with E-state index in [1.54, 1.807) is 0 Å². The molecule has 3 nitrogen and oxygen atoms in total. The number of hydrogen-bond donors (Lipinski definition) is 1. The summed E-state index contributed by atoms with van der Waals surface area (Å²) in [5.74, 6) is 0.200. The van der Waals surface area contributed by atoms with Crippen LogP contribution in [-0.2, 0) is 10.2 Å². The maximum atomic E-state index is 12.5. The minimum absolute atomic E-state index is 0.115. The van der Waals surface area contributed by atoms with Crippen molar-refractivity contribution in [1.29, 1.82) is 0 Å². The van der Waals surface area contributed by atoms with E-state index in [0.717, 1.165) is 13.0 Å². The molecule has 2 heterocycles. The van der Waals surface area contributed by atoms with Crippen LogP contribution >= 0.6 is 0 Å². The molecule has 0 unspecified atom stereocenters. The molecule has 1 aromatic carbocycles. The molecule has 1 amide bonds. The Morgan fingerprint density at radius 1 is 1.18 bits per heavy atom. The molecular weight excluding hydrogens is 272 g/mol. The largest absolute Gasteiger partial charge is 0.352 e. The Labute approximate surface area is 134 Å². The maximum absolute atomic E-state index is 12.5. The summed E-state index contributed by atoms with van der Waals surface area (Å²) in [5, 5.41) is 3.32. The zero-order valence-corrected chi connectivity index (χ0v) is 13.8. The van der Waals surface area contributed by atoms with Crippen LogP contribution in [0.4, 0.5) is 0 Å². The van der Waals surface area contributed by atoms with E-state index < -0.39 is 0 Å². The molecule has 0 spiro atoms. The SMILES string of the molecule is CC(C)(CC(=O)N[C@@H]1CCN2CCCC[C@H]12)c1ccccc1. The minimum Gasteiger partial charge on any atom is -0.352 e. The van der Waals surface area contributed by atoms with E-state index in [1.165, 1.54) is 31.4 Å². The Kier molecular flexibility index (Phi) is 4.53. The lowest BCUT2D eigenvalue weighted by molar-refractivity contribution is -0.123. The third-order valence-electron chi connectivity index (χ3n) is 5.36. The monoisotopic (exact) mass is 300 g/mol. The van der Waals surface area contributed by atoms with Gasteiger partial charge in [0.15, 0.2) is 0 Å². The molecule has 2 aliphatic rings. The van der Waals surface area contributed by atoms with Gasteiger partial charge in [-0.05, 0) is 36.8 Å². The lowest BCUT2D eigenvalue weighted by atomic mass is 9.81. The fourth-order valence-electron chi connectivity index (χ4n) is 4.07. The molecule has 3 rings (SSSR count). The Balaban J connectivity index is 1.58. The van der Waals surface area contributed by atoms with Crippen molar-refractivity contribution in [2.24, 2.45) is 0 Å². The van der Waals surface area contributed by atoms with Gasteiger partial charge in [-0.1, -0.05) is 50.6 Å². The minimum atomic E-state index is -0.115. The number of benzene rings is 1. The smallest absolute Gasteiger partial charge is 0.221 e. The first-order chi connectivity index (χ1) is 10.6. The van der Waals surface area contributed by atoms with E-state index in [2.05, 4.69) is 36.2 Å². The first-order valence-corrected chi connectivity index (χ1v) is 8.65. The van der Waals surface area contributed by atoms with Crippen molar-refractivity contribution in [2.75, 3.05) is 13.1 Å². The van der Waals surface area contributed by atoms with Gasteiger partial charge in [-0.25, -0.2) is 0 Å². The lowest BCUT2D eigenvalue weighted by Gasteiger charge is -2.33. The molecule has 0 aromatic heterocycles. The van der Waals surface area contributed by atoms with Crippen molar-refractivity contribution >= 4 is 5.91 Å². The van der Waals surface area contributed by atoms with Gasteiger partial charge in [-0.2, -0.15) is 0 Å². The van der Waals surface area contributed by atoms with E-state index >= 15 is 0 Å². The van der Waals surface area contributed by atoms with E-state index in [9.17, 15) is 4.79 Å². The molecule has 2 atom stereocenters. The fraction of sp³-hybridized carbons (Fsp3) is 0.632. The van der Waals surface area contributed by atoms with Crippen LogP contribution in [0, 0.1) is 0 Å². The van der Waals surface area contributed by atoms with Crippen LogP contribution in [0.1, 0.15) is 51.5 Å². The number of rotatable bonds is 4. The first-order valence-electron chi connectivity index (χ1n) is 8.65. The molecule has 1 aromatic rings. The van der Waals surface area contributed by atoms with Crippen LogP contribution < -0.4 is 5.32 Å². The van der Waals surface area contributed by atoms with Crippen molar-refractivity contribution in [2.45, 2.75) is 63.5 Å². The van der Waals surface area contributed by atoms with Gasteiger partial charge in [0.05, 0.1) is 0 Å². The summed E-state index contributed by atoms with van der Waals surface area (Å²) in [6.07, 6.45) is 5.54. The van der Waals surface area contributed by atoms with Crippen molar-refractivity contribution < 1.29 is 4.79 Å². The molecule has 120 valence electrons. The van der Waals surface area contributed by atoms with Crippen LogP contribution in [0.25, 0.3) is 0 Å². The van der Waals surface area contributed by atoms with Gasteiger partial charge in [-0.15, -0.1) is 0 Å².